The van der Waals surface area contributed by atoms with E-state index < -0.39 is 69.7 Å². The fourth-order valence-corrected chi connectivity index (χ4v) is 4.09. The van der Waals surface area contributed by atoms with E-state index in [0.717, 1.165) is 36.6 Å². The number of rotatable bonds is 8. The van der Waals surface area contributed by atoms with Crippen molar-refractivity contribution >= 4 is 0 Å². The fourth-order valence-electron chi connectivity index (χ4n) is 4.09. The van der Waals surface area contributed by atoms with Crippen molar-refractivity contribution in [1.82, 2.24) is 0 Å². The van der Waals surface area contributed by atoms with Gasteiger partial charge in [-0.05, 0) is 78.6 Å². The van der Waals surface area contributed by atoms with Crippen LogP contribution in [0.5, 0.6) is 11.5 Å². The van der Waals surface area contributed by atoms with Gasteiger partial charge >= 0.3 is 12.5 Å². The van der Waals surface area contributed by atoms with Crippen molar-refractivity contribution in [2.24, 2.45) is 0 Å². The molecule has 0 saturated carbocycles. The summed E-state index contributed by atoms with van der Waals surface area (Å²) in [6.07, 6.45) is -7.22. The topological polar surface area (TPSA) is 18.5 Å². The molecule has 0 bridgehead atoms. The Morgan fingerprint density at radius 1 is 0.659 bits per heavy atom. The van der Waals surface area contributed by atoms with Crippen molar-refractivity contribution in [3.05, 3.63) is 118 Å². The second kappa shape index (κ2) is 12.9. The van der Waals surface area contributed by atoms with E-state index in [1.54, 1.807) is 6.07 Å². The van der Waals surface area contributed by atoms with Gasteiger partial charge in [-0.1, -0.05) is 31.3 Å². The van der Waals surface area contributed by atoms with Crippen LogP contribution in [-0.2, 0) is 12.5 Å². The van der Waals surface area contributed by atoms with Gasteiger partial charge < -0.3 is 9.47 Å². The molecule has 0 spiro atoms. The summed E-state index contributed by atoms with van der Waals surface area (Å²) in [6, 6.07) is 9.63. The minimum atomic E-state index is -5.40. The highest BCUT2D eigenvalue weighted by Gasteiger charge is 2.38. The third-order valence-corrected chi connectivity index (χ3v) is 6.19. The lowest BCUT2D eigenvalue weighted by Gasteiger charge is -2.19. The van der Waals surface area contributed by atoms with Crippen LogP contribution in [0.1, 0.15) is 42.0 Å². The molecule has 0 aliphatic heterocycles. The number of unbranched alkanes of at least 4 members (excludes halogenated alkanes) is 1. The first-order chi connectivity index (χ1) is 20.7. The Morgan fingerprint density at radius 3 is 1.95 bits per heavy atom. The molecule has 4 rings (SSSR count). The van der Waals surface area contributed by atoms with Gasteiger partial charge in [-0.3, -0.25) is 0 Å². The number of aryl methyl sites for hydroxylation is 1. The highest BCUT2D eigenvalue weighted by atomic mass is 19.4. The lowest BCUT2D eigenvalue weighted by Crippen LogP contribution is -2.23. The van der Waals surface area contributed by atoms with Crippen molar-refractivity contribution in [2.75, 3.05) is 0 Å². The number of alkyl halides is 5. The van der Waals surface area contributed by atoms with E-state index >= 15 is 0 Å². The summed E-state index contributed by atoms with van der Waals surface area (Å²) in [7, 11) is 0. The maximum atomic E-state index is 14.8. The lowest BCUT2D eigenvalue weighted by molar-refractivity contribution is -0.276. The average molecular weight is 626 g/mol. The summed E-state index contributed by atoms with van der Waals surface area (Å²) in [4.78, 5) is 0. The standard InChI is InChI=1S/C32H20F10O2/c1-2-3-4-18-5-8-20(25(33)13-18)9-6-19-7-12-24(27(35)14-19)31(38,39)43-22-10-11-23(26(34)17-22)21-15-28(36)30(29(37)16-21)44-32(40,41)42/h5,7-8,10-17H,2-4H2,1H3. The van der Waals surface area contributed by atoms with Gasteiger partial charge in [0.1, 0.15) is 28.8 Å². The number of benzene rings is 4. The number of halogens is 10. The number of hydrogen-bond acceptors (Lipinski definition) is 2. The molecule has 0 aliphatic rings. The second-order valence-electron chi connectivity index (χ2n) is 9.44. The van der Waals surface area contributed by atoms with Crippen LogP contribution < -0.4 is 9.47 Å². The van der Waals surface area contributed by atoms with Crippen LogP contribution in [-0.4, -0.2) is 6.36 Å². The van der Waals surface area contributed by atoms with Gasteiger partial charge in [0, 0.05) is 17.2 Å². The van der Waals surface area contributed by atoms with E-state index in [2.05, 4.69) is 21.3 Å². The minimum absolute atomic E-state index is 0.0323. The van der Waals surface area contributed by atoms with E-state index in [0.29, 0.717) is 36.8 Å². The summed E-state index contributed by atoms with van der Waals surface area (Å²) < 4.78 is 146. The molecular formula is C32H20F10O2. The first kappa shape index (κ1) is 32.3. The lowest BCUT2D eigenvalue weighted by atomic mass is 10.0. The van der Waals surface area contributed by atoms with Crippen molar-refractivity contribution in [3.8, 4) is 34.5 Å². The fraction of sp³-hybridized carbons (Fsp3) is 0.188. The average Bonchev–Trinajstić information content (AvgIpc) is 2.92. The minimum Gasteiger partial charge on any atom is -0.429 e. The molecule has 0 aliphatic carbocycles. The Labute approximate surface area is 244 Å². The molecular weight excluding hydrogens is 606 g/mol. The van der Waals surface area contributed by atoms with Gasteiger partial charge in [-0.25, -0.2) is 22.0 Å². The third-order valence-electron chi connectivity index (χ3n) is 6.19. The normalized spacial score (nSPS) is 11.6. The summed E-state index contributed by atoms with van der Waals surface area (Å²) >= 11 is 0. The molecule has 0 N–H and O–H groups in total. The summed E-state index contributed by atoms with van der Waals surface area (Å²) in [6.45, 7) is 2.00. The van der Waals surface area contributed by atoms with Crippen molar-refractivity contribution in [2.45, 2.75) is 38.7 Å². The molecule has 12 heteroatoms. The van der Waals surface area contributed by atoms with Gasteiger partial charge in [0.05, 0.1) is 5.56 Å². The summed E-state index contributed by atoms with van der Waals surface area (Å²) in [5, 5.41) is 0. The zero-order chi connectivity index (χ0) is 32.2. The van der Waals surface area contributed by atoms with Gasteiger partial charge in [0.15, 0.2) is 11.6 Å². The molecule has 0 aromatic heterocycles. The predicted molar refractivity (Wildman–Crippen MR) is 140 cm³/mol. The van der Waals surface area contributed by atoms with Crippen LogP contribution in [0.4, 0.5) is 43.9 Å². The Balaban J connectivity index is 1.51. The first-order valence-electron chi connectivity index (χ1n) is 12.9. The van der Waals surface area contributed by atoms with E-state index in [1.165, 1.54) is 12.1 Å². The van der Waals surface area contributed by atoms with Crippen LogP contribution in [0, 0.1) is 40.9 Å². The van der Waals surface area contributed by atoms with Crippen molar-refractivity contribution in [3.63, 3.8) is 0 Å². The predicted octanol–water partition coefficient (Wildman–Crippen LogP) is 9.82. The molecule has 0 fully saturated rings. The molecule has 4 aromatic carbocycles. The summed E-state index contributed by atoms with van der Waals surface area (Å²) in [5.74, 6) is -4.47. The van der Waals surface area contributed by atoms with Gasteiger partial charge in [0.25, 0.3) is 0 Å². The van der Waals surface area contributed by atoms with Crippen LogP contribution in [0.3, 0.4) is 0 Å². The molecule has 0 saturated heterocycles. The smallest absolute Gasteiger partial charge is 0.429 e. The molecule has 0 radical (unpaired) electrons. The SMILES string of the molecule is CCCCc1ccc(C#Cc2ccc(C(F)(F)Oc3ccc(-c4cc(F)c(OC(F)(F)F)c(F)c4)c(F)c3)c(F)c2)c(F)c1. The van der Waals surface area contributed by atoms with E-state index in [9.17, 15) is 43.9 Å². The molecule has 0 unspecified atom stereocenters. The van der Waals surface area contributed by atoms with E-state index in [4.69, 9.17) is 0 Å². The zero-order valence-corrected chi connectivity index (χ0v) is 22.6. The van der Waals surface area contributed by atoms with Gasteiger partial charge in [0.2, 0.25) is 5.75 Å². The largest absolute Gasteiger partial charge is 0.573 e. The highest BCUT2D eigenvalue weighted by Crippen LogP contribution is 2.37. The van der Waals surface area contributed by atoms with Crippen molar-refractivity contribution < 1.29 is 53.4 Å². The van der Waals surface area contributed by atoms with Gasteiger partial charge in [-0.2, -0.15) is 8.78 Å². The molecule has 0 amide bonds. The van der Waals surface area contributed by atoms with Crippen LogP contribution in [0.15, 0.2) is 66.7 Å². The Hall–Kier alpha value is -4.66. The van der Waals surface area contributed by atoms with Crippen LogP contribution in [0.25, 0.3) is 11.1 Å². The maximum absolute atomic E-state index is 14.8. The molecule has 0 heterocycles. The van der Waals surface area contributed by atoms with Crippen molar-refractivity contribution in [1.29, 1.82) is 0 Å². The second-order valence-corrected chi connectivity index (χ2v) is 9.44. The number of ether oxygens (including phenoxy) is 2. The van der Waals surface area contributed by atoms with Crippen LogP contribution in [0.2, 0.25) is 0 Å². The zero-order valence-electron chi connectivity index (χ0n) is 22.6. The summed E-state index contributed by atoms with van der Waals surface area (Å²) in [5.41, 5.74) is -1.59. The van der Waals surface area contributed by atoms with Gasteiger partial charge in [-0.15, -0.1) is 13.2 Å². The maximum Gasteiger partial charge on any atom is 0.573 e. The molecule has 2 nitrogen and oxygen atoms in total. The molecule has 230 valence electrons. The molecule has 44 heavy (non-hydrogen) atoms. The van der Waals surface area contributed by atoms with E-state index in [-0.39, 0.29) is 11.1 Å². The first-order valence-corrected chi connectivity index (χ1v) is 12.9. The Bertz CT molecular complexity index is 1710. The van der Waals surface area contributed by atoms with E-state index in [1.807, 2.05) is 6.92 Å². The molecule has 0 atom stereocenters. The molecule has 4 aromatic rings. The highest BCUT2D eigenvalue weighted by molar-refractivity contribution is 5.66. The quantitative estimate of drug-likeness (QED) is 0.143. The number of hydrogen-bond donors (Lipinski definition) is 0. The monoisotopic (exact) mass is 626 g/mol. The third kappa shape index (κ3) is 7.83. The van der Waals surface area contributed by atoms with Crippen LogP contribution >= 0.6 is 0 Å². The Kier molecular flexibility index (Phi) is 9.47. The Morgan fingerprint density at radius 2 is 1.36 bits per heavy atom.